The maximum absolute atomic E-state index is 12.9. The zero-order valence-corrected chi connectivity index (χ0v) is 19.0. The standard InChI is InChI=1S/C20H22ClN3O5S2/c21-14-5-6-17-13(9-14)10-19(30-17)31(28,29)22-16-4-2-7-23(20(16)27)11-18(26)24-8-1-3-15(24)12-25/h5-6,9-10,12,15-16,22H,1-4,7-8,11H2/t15-,16-/m0/s1. The summed E-state index contributed by atoms with van der Waals surface area (Å²) in [6, 6.07) is 5.31. The monoisotopic (exact) mass is 483 g/mol. The molecule has 2 saturated heterocycles. The Morgan fingerprint density at radius 3 is 2.77 bits per heavy atom. The number of fused-ring (bicyclic) bond motifs is 1. The molecule has 2 amide bonds. The molecular formula is C20H22ClN3O5S2. The highest BCUT2D eigenvalue weighted by Crippen LogP contribution is 2.31. The third-order valence-electron chi connectivity index (χ3n) is 5.65. The van der Waals surface area contributed by atoms with Crippen molar-refractivity contribution >= 4 is 61.1 Å². The van der Waals surface area contributed by atoms with E-state index in [1.807, 2.05) is 0 Å². The summed E-state index contributed by atoms with van der Waals surface area (Å²) in [4.78, 5) is 39.5. The summed E-state index contributed by atoms with van der Waals surface area (Å²) < 4.78 is 29.2. The molecule has 0 radical (unpaired) electrons. The fourth-order valence-corrected chi connectivity index (χ4v) is 6.87. The molecule has 2 aliphatic rings. The average Bonchev–Trinajstić information content (AvgIpc) is 3.37. The van der Waals surface area contributed by atoms with E-state index in [-0.39, 0.29) is 16.7 Å². The highest BCUT2D eigenvalue weighted by molar-refractivity contribution is 7.91. The smallest absolute Gasteiger partial charge is 0.250 e. The van der Waals surface area contributed by atoms with Crippen LogP contribution in [0.3, 0.4) is 0 Å². The molecule has 2 atom stereocenters. The number of sulfonamides is 1. The summed E-state index contributed by atoms with van der Waals surface area (Å²) in [5, 5.41) is 1.23. The van der Waals surface area contributed by atoms with Crippen LogP contribution in [0.15, 0.2) is 28.5 Å². The molecule has 0 spiro atoms. The quantitative estimate of drug-likeness (QED) is 0.633. The van der Waals surface area contributed by atoms with Crippen molar-refractivity contribution in [3.63, 3.8) is 0 Å². The van der Waals surface area contributed by atoms with Crippen LogP contribution >= 0.6 is 22.9 Å². The molecule has 0 bridgehead atoms. The third kappa shape index (κ3) is 4.62. The van der Waals surface area contributed by atoms with E-state index in [4.69, 9.17) is 11.6 Å². The number of halogens is 1. The number of amides is 2. The first-order valence-corrected chi connectivity index (χ1v) is 12.7. The lowest BCUT2D eigenvalue weighted by Crippen LogP contribution is -2.54. The molecule has 0 unspecified atom stereocenters. The zero-order chi connectivity index (χ0) is 22.2. The number of hydrogen-bond acceptors (Lipinski definition) is 6. The summed E-state index contributed by atoms with van der Waals surface area (Å²) in [7, 11) is -3.91. The van der Waals surface area contributed by atoms with Crippen molar-refractivity contribution in [2.45, 2.75) is 42.0 Å². The Hall–Kier alpha value is -2.01. The van der Waals surface area contributed by atoms with Crippen LogP contribution in [0.4, 0.5) is 0 Å². The number of carbonyl (C=O) groups excluding carboxylic acids is 3. The fourth-order valence-electron chi connectivity index (χ4n) is 4.07. The van der Waals surface area contributed by atoms with Crippen LogP contribution < -0.4 is 4.72 Å². The van der Waals surface area contributed by atoms with Gasteiger partial charge in [-0.05, 0) is 55.3 Å². The predicted octanol–water partition coefficient (Wildman–Crippen LogP) is 2.01. The minimum Gasteiger partial charge on any atom is -0.332 e. The zero-order valence-electron chi connectivity index (χ0n) is 16.6. The van der Waals surface area contributed by atoms with Crippen LogP contribution in [0.1, 0.15) is 25.7 Å². The maximum atomic E-state index is 12.9. The normalized spacial score (nSPS) is 22.3. The molecule has 1 aromatic carbocycles. The molecule has 31 heavy (non-hydrogen) atoms. The van der Waals surface area contributed by atoms with E-state index in [2.05, 4.69) is 4.72 Å². The number of likely N-dealkylation sites (tertiary alicyclic amines) is 2. The highest BCUT2D eigenvalue weighted by atomic mass is 35.5. The molecule has 2 aliphatic heterocycles. The Morgan fingerprint density at radius 2 is 2.00 bits per heavy atom. The van der Waals surface area contributed by atoms with Crippen molar-refractivity contribution in [2.75, 3.05) is 19.6 Å². The average molecular weight is 484 g/mol. The predicted molar refractivity (Wildman–Crippen MR) is 118 cm³/mol. The second-order valence-corrected chi connectivity index (χ2v) is 11.2. The van der Waals surface area contributed by atoms with Crippen LogP contribution in [0, 0.1) is 0 Å². The number of hydrogen-bond donors (Lipinski definition) is 1. The van der Waals surface area contributed by atoms with Gasteiger partial charge >= 0.3 is 0 Å². The molecule has 0 saturated carbocycles. The topological polar surface area (TPSA) is 104 Å². The van der Waals surface area contributed by atoms with Crippen molar-refractivity contribution in [3.8, 4) is 0 Å². The number of thiophene rings is 1. The van der Waals surface area contributed by atoms with Crippen LogP contribution in [-0.4, -0.2) is 68.0 Å². The summed E-state index contributed by atoms with van der Waals surface area (Å²) in [6.45, 7) is 0.725. The molecule has 1 N–H and O–H groups in total. The van der Waals surface area contributed by atoms with Crippen molar-refractivity contribution in [1.82, 2.24) is 14.5 Å². The van der Waals surface area contributed by atoms with E-state index in [0.29, 0.717) is 37.4 Å². The minimum atomic E-state index is -3.91. The molecule has 2 aromatic rings. The van der Waals surface area contributed by atoms with Crippen LogP contribution in [0.25, 0.3) is 10.1 Å². The van der Waals surface area contributed by atoms with Gasteiger partial charge in [0.05, 0.1) is 12.6 Å². The molecule has 166 valence electrons. The number of nitrogens with one attached hydrogen (secondary N) is 1. The van der Waals surface area contributed by atoms with E-state index < -0.39 is 28.0 Å². The largest absolute Gasteiger partial charge is 0.332 e. The van der Waals surface area contributed by atoms with E-state index in [0.717, 1.165) is 34.1 Å². The third-order valence-corrected chi connectivity index (χ3v) is 8.95. The SMILES string of the molecule is O=C[C@@H]1CCCN1C(=O)CN1CCC[C@H](NS(=O)(=O)c2cc3cc(Cl)ccc3s2)C1=O. The molecular weight excluding hydrogens is 462 g/mol. The van der Waals surface area contributed by atoms with Gasteiger partial charge in [-0.25, -0.2) is 8.42 Å². The lowest BCUT2D eigenvalue weighted by Gasteiger charge is -2.33. The number of aldehydes is 1. The Bertz CT molecular complexity index is 1130. The molecule has 2 fully saturated rings. The van der Waals surface area contributed by atoms with E-state index >= 15 is 0 Å². The second kappa shape index (κ2) is 8.85. The van der Waals surface area contributed by atoms with Crippen molar-refractivity contribution < 1.29 is 22.8 Å². The first-order valence-electron chi connectivity index (χ1n) is 10.0. The van der Waals surface area contributed by atoms with Gasteiger partial charge in [-0.3, -0.25) is 9.59 Å². The van der Waals surface area contributed by atoms with Gasteiger partial charge < -0.3 is 14.6 Å². The summed E-state index contributed by atoms with van der Waals surface area (Å²) >= 11 is 7.08. The van der Waals surface area contributed by atoms with Gasteiger partial charge in [0, 0.05) is 22.8 Å². The Balaban J connectivity index is 1.46. The molecule has 1 aromatic heterocycles. The Labute approximate surface area is 189 Å². The van der Waals surface area contributed by atoms with Crippen molar-refractivity contribution in [1.29, 1.82) is 0 Å². The molecule has 3 heterocycles. The highest BCUT2D eigenvalue weighted by Gasteiger charge is 2.36. The first-order chi connectivity index (χ1) is 14.8. The molecule has 0 aliphatic carbocycles. The van der Waals surface area contributed by atoms with Crippen molar-refractivity contribution in [3.05, 3.63) is 29.3 Å². The van der Waals surface area contributed by atoms with Gasteiger partial charge in [-0.1, -0.05) is 11.6 Å². The summed E-state index contributed by atoms with van der Waals surface area (Å²) in [5.74, 6) is -0.706. The minimum absolute atomic E-state index is 0.108. The molecule has 11 heteroatoms. The van der Waals surface area contributed by atoms with Gasteiger partial charge in [0.2, 0.25) is 11.8 Å². The number of piperidine rings is 1. The maximum Gasteiger partial charge on any atom is 0.250 e. The van der Waals surface area contributed by atoms with Crippen LogP contribution in [0.2, 0.25) is 5.02 Å². The first kappa shape index (κ1) is 22.2. The van der Waals surface area contributed by atoms with Gasteiger partial charge in [-0.2, -0.15) is 4.72 Å². The fraction of sp³-hybridized carbons (Fsp3) is 0.450. The van der Waals surface area contributed by atoms with E-state index in [1.165, 1.54) is 15.9 Å². The van der Waals surface area contributed by atoms with Gasteiger partial charge in [0.15, 0.2) is 0 Å². The summed E-state index contributed by atoms with van der Waals surface area (Å²) in [5.41, 5.74) is 0. The number of carbonyl (C=O) groups is 3. The summed E-state index contributed by atoms with van der Waals surface area (Å²) in [6.07, 6.45) is 3.08. The number of rotatable bonds is 6. The van der Waals surface area contributed by atoms with Gasteiger partial charge in [0.25, 0.3) is 10.0 Å². The lowest BCUT2D eigenvalue weighted by atomic mass is 10.1. The second-order valence-electron chi connectivity index (χ2n) is 7.76. The Kier molecular flexibility index (Phi) is 6.34. The number of nitrogens with zero attached hydrogens (tertiary/aromatic N) is 2. The van der Waals surface area contributed by atoms with E-state index in [9.17, 15) is 22.8 Å². The lowest BCUT2D eigenvalue weighted by molar-refractivity contribution is -0.144. The van der Waals surface area contributed by atoms with Gasteiger partial charge in [-0.15, -0.1) is 11.3 Å². The molecule has 4 rings (SSSR count). The van der Waals surface area contributed by atoms with Crippen molar-refractivity contribution in [2.24, 2.45) is 0 Å². The van der Waals surface area contributed by atoms with Crippen LogP contribution in [-0.2, 0) is 24.4 Å². The number of benzene rings is 1. The molecule has 8 nitrogen and oxygen atoms in total. The van der Waals surface area contributed by atoms with Crippen LogP contribution in [0.5, 0.6) is 0 Å². The van der Waals surface area contributed by atoms with Gasteiger partial charge in [0.1, 0.15) is 16.5 Å². The van der Waals surface area contributed by atoms with E-state index in [1.54, 1.807) is 18.2 Å². The Morgan fingerprint density at radius 1 is 1.23 bits per heavy atom.